The van der Waals surface area contributed by atoms with Crippen LogP contribution in [0.15, 0.2) is 110 Å². The van der Waals surface area contributed by atoms with Crippen molar-refractivity contribution in [2.45, 2.75) is 73.6 Å². The van der Waals surface area contributed by atoms with Crippen LogP contribution in [-0.4, -0.2) is 107 Å². The molecule has 3 amide bonds. The SMILES string of the molecule is C=CCCC(=O)N(C)[C@H](C)[C@H](OC(=O)[C@@H]1[C@H]2O[C@@]3(CC2Br)[C@H](C(=O)N(CC=C)Cn2nnc4ccccc42)N([C@H](CO)c2ccccc2)C(=O)[C@@H]13)c1ccccc1. The quantitative estimate of drug-likeness (QED) is 0.0938. The molecule has 3 saturated heterocycles. The van der Waals surface area contributed by atoms with Crippen LogP contribution < -0.4 is 0 Å². The van der Waals surface area contributed by atoms with Gasteiger partial charge in [-0.2, -0.15) is 0 Å². The Kier molecular flexibility index (Phi) is 11.8. The van der Waals surface area contributed by atoms with E-state index in [1.165, 1.54) is 9.80 Å². The molecule has 298 valence electrons. The average Bonchev–Trinajstić information content (AvgIpc) is 3.96. The van der Waals surface area contributed by atoms with Crippen LogP contribution in [0.5, 0.6) is 0 Å². The van der Waals surface area contributed by atoms with Gasteiger partial charge in [0.1, 0.15) is 29.9 Å². The Morgan fingerprint density at radius 3 is 2.37 bits per heavy atom. The van der Waals surface area contributed by atoms with Crippen LogP contribution in [0.3, 0.4) is 0 Å². The molecular formula is C43H47BrN6O7. The molecule has 1 unspecified atom stereocenters. The first-order chi connectivity index (χ1) is 27.6. The summed E-state index contributed by atoms with van der Waals surface area (Å²) in [5, 5.41) is 19.6. The number of halogens is 1. The molecule has 13 nitrogen and oxygen atoms in total. The fourth-order valence-electron chi connectivity index (χ4n) is 8.83. The number of amides is 3. The van der Waals surface area contributed by atoms with Gasteiger partial charge < -0.3 is 29.3 Å². The number of aromatic nitrogens is 3. The molecule has 0 saturated carbocycles. The number of esters is 1. The van der Waals surface area contributed by atoms with E-state index < -0.39 is 77.0 Å². The number of nitrogens with zero attached hydrogens (tertiary/aromatic N) is 6. The van der Waals surface area contributed by atoms with Crippen molar-refractivity contribution in [1.82, 2.24) is 29.7 Å². The summed E-state index contributed by atoms with van der Waals surface area (Å²) in [6.07, 6.45) is 2.57. The number of aliphatic hydroxyl groups excluding tert-OH is 1. The summed E-state index contributed by atoms with van der Waals surface area (Å²) in [5.74, 6) is -3.99. The minimum Gasteiger partial charge on any atom is -0.455 e. The number of allylic oxidation sites excluding steroid dienone is 1. The van der Waals surface area contributed by atoms with Crippen LogP contribution >= 0.6 is 15.9 Å². The molecule has 2 bridgehead atoms. The van der Waals surface area contributed by atoms with Crippen molar-refractivity contribution in [1.29, 1.82) is 0 Å². The minimum absolute atomic E-state index is 0.0118. The third kappa shape index (κ3) is 7.19. The monoisotopic (exact) mass is 838 g/mol. The van der Waals surface area contributed by atoms with Gasteiger partial charge in [-0.15, -0.1) is 18.3 Å². The van der Waals surface area contributed by atoms with Gasteiger partial charge in [-0.1, -0.05) is 106 Å². The first-order valence-corrected chi connectivity index (χ1v) is 20.1. The molecule has 9 atom stereocenters. The number of ether oxygens (including phenoxy) is 2. The lowest BCUT2D eigenvalue weighted by Crippen LogP contribution is -2.57. The predicted molar refractivity (Wildman–Crippen MR) is 215 cm³/mol. The molecule has 1 spiro atoms. The molecule has 3 aliphatic rings. The van der Waals surface area contributed by atoms with Crippen LogP contribution in [-0.2, 0) is 35.3 Å². The Morgan fingerprint density at radius 1 is 1.04 bits per heavy atom. The molecule has 3 fully saturated rings. The maximum absolute atomic E-state index is 15.3. The first kappa shape index (κ1) is 40.0. The summed E-state index contributed by atoms with van der Waals surface area (Å²) in [6.45, 7) is 9.05. The van der Waals surface area contributed by atoms with E-state index in [1.807, 2.05) is 67.6 Å². The smallest absolute Gasteiger partial charge is 0.313 e. The Balaban J connectivity index is 1.28. The predicted octanol–water partition coefficient (Wildman–Crippen LogP) is 4.98. The molecule has 4 aromatic rings. The van der Waals surface area contributed by atoms with Gasteiger partial charge in [-0.3, -0.25) is 19.2 Å². The highest BCUT2D eigenvalue weighted by molar-refractivity contribution is 9.09. The molecule has 57 heavy (non-hydrogen) atoms. The van der Waals surface area contributed by atoms with E-state index >= 15 is 9.59 Å². The number of rotatable bonds is 16. The molecule has 1 aromatic heterocycles. The van der Waals surface area contributed by atoms with Crippen molar-refractivity contribution in [2.24, 2.45) is 11.8 Å². The number of fused-ring (bicyclic) bond motifs is 2. The van der Waals surface area contributed by atoms with Crippen molar-refractivity contribution in [3.05, 3.63) is 121 Å². The molecule has 3 aliphatic heterocycles. The number of likely N-dealkylation sites (N-methyl/N-ethyl adjacent to an activating group) is 1. The Labute approximate surface area is 340 Å². The summed E-state index contributed by atoms with van der Waals surface area (Å²) < 4.78 is 14.9. The van der Waals surface area contributed by atoms with Gasteiger partial charge in [-0.25, -0.2) is 4.68 Å². The zero-order valence-corrected chi connectivity index (χ0v) is 33.6. The number of hydrogen-bond donors (Lipinski definition) is 1. The second-order valence-electron chi connectivity index (χ2n) is 14.9. The number of para-hydroxylation sites is 1. The average molecular weight is 840 g/mol. The van der Waals surface area contributed by atoms with Crippen LogP contribution in [0.25, 0.3) is 11.0 Å². The van der Waals surface area contributed by atoms with Gasteiger partial charge in [0.15, 0.2) is 0 Å². The highest BCUT2D eigenvalue weighted by Gasteiger charge is 2.77. The first-order valence-electron chi connectivity index (χ1n) is 19.2. The van der Waals surface area contributed by atoms with Gasteiger partial charge >= 0.3 is 5.97 Å². The largest absolute Gasteiger partial charge is 0.455 e. The minimum atomic E-state index is -1.46. The Bertz CT molecular complexity index is 2130. The standard InChI is InChI=1S/C43H47BrN6O7/c1-5-7-22-34(52)47(4)27(3)37(29-18-12-9-13-19-29)56-42(55)35-36-40(53)50(33(25-51)28-16-10-8-11-17-28)39(43(36)24-30(44)38(35)57-43)41(54)48(23-6-2)26-49-32-21-15-14-20-31(32)45-46-49/h5-6,8-21,27,30,33,35-39,51H,1-2,7,22-26H2,3-4H3/t27-,30?,33-,35+,36-,37+,38+,39+,43-/m1/s1. The van der Waals surface area contributed by atoms with Gasteiger partial charge in [0.2, 0.25) is 17.7 Å². The molecule has 7 rings (SSSR count). The molecule has 14 heteroatoms. The van der Waals surface area contributed by atoms with Gasteiger partial charge in [-0.05, 0) is 43.0 Å². The lowest BCUT2D eigenvalue weighted by atomic mass is 9.70. The van der Waals surface area contributed by atoms with E-state index in [0.29, 0.717) is 28.6 Å². The zero-order chi connectivity index (χ0) is 40.4. The van der Waals surface area contributed by atoms with Crippen LogP contribution in [0, 0.1) is 11.8 Å². The van der Waals surface area contributed by atoms with Gasteiger partial charge in [0.25, 0.3) is 0 Å². The summed E-state index contributed by atoms with van der Waals surface area (Å²) >= 11 is 3.76. The molecule has 3 aromatic carbocycles. The molecule has 0 radical (unpaired) electrons. The number of aliphatic hydroxyl groups is 1. The maximum Gasteiger partial charge on any atom is 0.313 e. The third-order valence-electron chi connectivity index (χ3n) is 11.7. The number of hydrogen-bond acceptors (Lipinski definition) is 9. The zero-order valence-electron chi connectivity index (χ0n) is 32.0. The number of carbonyl (C=O) groups is 4. The van der Waals surface area contributed by atoms with Crippen LogP contribution in [0.1, 0.15) is 49.5 Å². The van der Waals surface area contributed by atoms with Crippen LogP contribution in [0.2, 0.25) is 0 Å². The van der Waals surface area contributed by atoms with E-state index in [-0.39, 0.29) is 32.0 Å². The van der Waals surface area contributed by atoms with E-state index in [1.54, 1.807) is 53.0 Å². The summed E-state index contributed by atoms with van der Waals surface area (Å²) in [5.41, 5.74) is 1.19. The second kappa shape index (κ2) is 16.7. The Hall–Kier alpha value is -5.18. The summed E-state index contributed by atoms with van der Waals surface area (Å²) in [6, 6.07) is 22.8. The van der Waals surface area contributed by atoms with Crippen molar-refractivity contribution in [2.75, 3.05) is 20.2 Å². The fourth-order valence-corrected chi connectivity index (χ4v) is 9.78. The van der Waals surface area contributed by atoms with E-state index in [0.717, 1.165) is 0 Å². The Morgan fingerprint density at radius 2 is 1.70 bits per heavy atom. The van der Waals surface area contributed by atoms with E-state index in [2.05, 4.69) is 39.4 Å². The highest BCUT2D eigenvalue weighted by atomic mass is 79.9. The topological polar surface area (TPSA) is 147 Å². The highest BCUT2D eigenvalue weighted by Crippen LogP contribution is 2.61. The number of alkyl halides is 1. The number of benzene rings is 3. The lowest BCUT2D eigenvalue weighted by Gasteiger charge is -2.39. The number of likely N-dealkylation sites (tertiary alicyclic amines) is 1. The van der Waals surface area contributed by atoms with Crippen LogP contribution in [0.4, 0.5) is 0 Å². The second-order valence-corrected chi connectivity index (χ2v) is 16.1. The third-order valence-corrected chi connectivity index (χ3v) is 12.5. The maximum atomic E-state index is 15.3. The lowest BCUT2D eigenvalue weighted by molar-refractivity contribution is -0.165. The van der Waals surface area contributed by atoms with Crippen molar-refractivity contribution < 1.29 is 33.8 Å². The van der Waals surface area contributed by atoms with E-state index in [9.17, 15) is 14.7 Å². The van der Waals surface area contributed by atoms with E-state index in [4.69, 9.17) is 9.47 Å². The fraction of sp³-hybridized carbons (Fsp3) is 0.395. The van der Waals surface area contributed by atoms with Crippen molar-refractivity contribution >= 4 is 50.7 Å². The molecule has 4 heterocycles. The normalized spacial score (nSPS) is 25.1. The van der Waals surface area contributed by atoms with Crippen molar-refractivity contribution in [3.63, 3.8) is 0 Å². The van der Waals surface area contributed by atoms with Crippen molar-refractivity contribution in [3.8, 4) is 0 Å². The number of carbonyl (C=O) groups excluding carboxylic acids is 4. The summed E-state index contributed by atoms with van der Waals surface area (Å²) in [7, 11) is 1.67. The molecule has 1 N–H and O–H groups in total. The van der Waals surface area contributed by atoms with Gasteiger partial charge in [0.05, 0.1) is 42.1 Å². The summed E-state index contributed by atoms with van der Waals surface area (Å²) in [4.78, 5) is 62.5. The molecule has 0 aliphatic carbocycles. The van der Waals surface area contributed by atoms with Gasteiger partial charge in [0, 0.05) is 24.8 Å². The molecular weight excluding hydrogens is 792 g/mol.